The minimum atomic E-state index is -3.14. The van der Waals surface area contributed by atoms with E-state index in [0.717, 1.165) is 4.90 Å². The number of nitrogens with zero attached hydrogens (tertiary/aromatic N) is 3. The van der Waals surface area contributed by atoms with Crippen LogP contribution in [0.25, 0.3) is 10.9 Å². The van der Waals surface area contributed by atoms with E-state index >= 15 is 0 Å². The summed E-state index contributed by atoms with van der Waals surface area (Å²) in [6, 6.07) is 6.73. The first-order valence-electron chi connectivity index (χ1n) is 9.78. The van der Waals surface area contributed by atoms with Gasteiger partial charge in [0.15, 0.2) is 0 Å². The molecule has 168 valence electrons. The maximum absolute atomic E-state index is 13.5. The maximum atomic E-state index is 13.5. The largest absolute Gasteiger partial charge is 0.494 e. The summed E-state index contributed by atoms with van der Waals surface area (Å²) in [5.41, 5.74) is 0.688. The van der Waals surface area contributed by atoms with Gasteiger partial charge in [0.1, 0.15) is 11.8 Å². The lowest BCUT2D eigenvalue weighted by Crippen LogP contribution is -2.43. The molecule has 1 fully saturated rings. The molecule has 1 aliphatic heterocycles. The normalized spacial score (nSPS) is 17.0. The number of pyridine rings is 1. The SMILES string of the molecule is N#C[C@@H]1CC(F)(F)CN1C(=O)CNC(=O)c1ccnc2ccc(OCCCC(=O)O)cc12. The highest BCUT2D eigenvalue weighted by atomic mass is 19.3. The Morgan fingerprint density at radius 1 is 1.34 bits per heavy atom. The van der Waals surface area contributed by atoms with Crippen LogP contribution in [0.1, 0.15) is 29.6 Å². The first kappa shape index (κ1) is 22.9. The van der Waals surface area contributed by atoms with Crippen molar-refractivity contribution in [3.8, 4) is 11.8 Å². The molecule has 3 rings (SSSR count). The van der Waals surface area contributed by atoms with Gasteiger partial charge < -0.3 is 20.1 Å². The topological polar surface area (TPSA) is 133 Å². The van der Waals surface area contributed by atoms with Crippen LogP contribution >= 0.6 is 0 Å². The molecule has 32 heavy (non-hydrogen) atoms. The van der Waals surface area contributed by atoms with Crippen molar-refractivity contribution in [2.24, 2.45) is 0 Å². The zero-order valence-corrected chi connectivity index (χ0v) is 16.9. The Hall–Kier alpha value is -3.81. The number of nitrogens with one attached hydrogen (secondary N) is 1. The maximum Gasteiger partial charge on any atom is 0.303 e. The summed E-state index contributed by atoms with van der Waals surface area (Å²) < 4.78 is 32.6. The van der Waals surface area contributed by atoms with Gasteiger partial charge in [0.25, 0.3) is 11.8 Å². The van der Waals surface area contributed by atoms with E-state index < -0.39 is 49.3 Å². The second kappa shape index (κ2) is 9.55. The molecular formula is C21H20F2N4O5. The fourth-order valence-electron chi connectivity index (χ4n) is 3.37. The molecule has 1 saturated heterocycles. The van der Waals surface area contributed by atoms with Gasteiger partial charge in [-0.15, -0.1) is 0 Å². The molecule has 2 N–H and O–H groups in total. The van der Waals surface area contributed by atoms with Crippen LogP contribution in [0.2, 0.25) is 0 Å². The van der Waals surface area contributed by atoms with Crippen molar-refractivity contribution in [1.29, 1.82) is 5.26 Å². The fourth-order valence-corrected chi connectivity index (χ4v) is 3.37. The number of carboxylic acid groups (broad SMARTS) is 1. The number of likely N-dealkylation sites (tertiary alicyclic amines) is 1. The predicted octanol–water partition coefficient (Wildman–Crippen LogP) is 1.97. The first-order chi connectivity index (χ1) is 15.2. The first-order valence-corrected chi connectivity index (χ1v) is 9.78. The summed E-state index contributed by atoms with van der Waals surface area (Å²) in [5, 5.41) is 20.5. The fraction of sp³-hybridized carbons (Fsp3) is 0.381. The van der Waals surface area contributed by atoms with Crippen molar-refractivity contribution in [2.75, 3.05) is 19.7 Å². The van der Waals surface area contributed by atoms with E-state index in [1.807, 2.05) is 0 Å². The molecule has 0 unspecified atom stereocenters. The van der Waals surface area contributed by atoms with Crippen LogP contribution in [0.15, 0.2) is 30.5 Å². The average molecular weight is 446 g/mol. The molecule has 1 aliphatic rings. The van der Waals surface area contributed by atoms with Gasteiger partial charge in [0, 0.05) is 24.4 Å². The molecule has 0 spiro atoms. The van der Waals surface area contributed by atoms with Crippen molar-refractivity contribution in [3.05, 3.63) is 36.0 Å². The number of ether oxygens (including phenoxy) is 1. The minimum absolute atomic E-state index is 0.0353. The van der Waals surface area contributed by atoms with E-state index in [1.165, 1.54) is 12.3 Å². The van der Waals surface area contributed by atoms with E-state index in [0.29, 0.717) is 23.1 Å². The third-order valence-electron chi connectivity index (χ3n) is 4.90. The highest BCUT2D eigenvalue weighted by Gasteiger charge is 2.47. The molecule has 11 heteroatoms. The van der Waals surface area contributed by atoms with Gasteiger partial charge in [-0.05, 0) is 30.7 Å². The lowest BCUT2D eigenvalue weighted by atomic mass is 10.1. The highest BCUT2D eigenvalue weighted by molar-refractivity contribution is 6.07. The number of fused-ring (bicyclic) bond motifs is 1. The molecule has 1 aromatic heterocycles. The van der Waals surface area contributed by atoms with Crippen molar-refractivity contribution in [2.45, 2.75) is 31.2 Å². The lowest BCUT2D eigenvalue weighted by Gasteiger charge is -2.19. The zero-order valence-electron chi connectivity index (χ0n) is 16.9. The Labute approximate surface area is 181 Å². The number of carbonyl (C=O) groups excluding carboxylic acids is 2. The second-order valence-electron chi connectivity index (χ2n) is 7.29. The number of alkyl halides is 2. The number of amides is 2. The Morgan fingerprint density at radius 3 is 2.84 bits per heavy atom. The number of halogens is 2. The number of aliphatic carboxylic acids is 1. The van der Waals surface area contributed by atoms with Crippen LogP contribution in [0.5, 0.6) is 5.75 Å². The Morgan fingerprint density at radius 2 is 2.12 bits per heavy atom. The van der Waals surface area contributed by atoms with Gasteiger partial charge in [-0.2, -0.15) is 5.26 Å². The van der Waals surface area contributed by atoms with Crippen LogP contribution in [0, 0.1) is 11.3 Å². The molecule has 2 aromatic rings. The average Bonchev–Trinajstić information content (AvgIpc) is 3.09. The molecule has 1 atom stereocenters. The van der Waals surface area contributed by atoms with Crippen LogP contribution in [-0.2, 0) is 9.59 Å². The zero-order chi connectivity index (χ0) is 23.3. The smallest absolute Gasteiger partial charge is 0.303 e. The van der Waals surface area contributed by atoms with E-state index in [-0.39, 0.29) is 18.6 Å². The third kappa shape index (κ3) is 5.46. The van der Waals surface area contributed by atoms with Crippen molar-refractivity contribution >= 4 is 28.7 Å². The summed E-state index contributed by atoms with van der Waals surface area (Å²) >= 11 is 0. The van der Waals surface area contributed by atoms with Gasteiger partial charge in [-0.3, -0.25) is 19.4 Å². The molecule has 0 radical (unpaired) electrons. The summed E-state index contributed by atoms with van der Waals surface area (Å²) in [6.07, 6.45) is 0.966. The van der Waals surface area contributed by atoms with Crippen molar-refractivity contribution in [3.63, 3.8) is 0 Å². The van der Waals surface area contributed by atoms with Crippen molar-refractivity contribution in [1.82, 2.24) is 15.2 Å². The Bertz CT molecular complexity index is 1090. The van der Waals surface area contributed by atoms with Crippen LogP contribution < -0.4 is 10.1 Å². The number of carbonyl (C=O) groups is 3. The quantitative estimate of drug-likeness (QED) is 0.593. The van der Waals surface area contributed by atoms with E-state index in [2.05, 4.69) is 10.3 Å². The van der Waals surface area contributed by atoms with Crippen molar-refractivity contribution < 1.29 is 33.0 Å². The number of hydrogen-bond acceptors (Lipinski definition) is 6. The van der Waals surface area contributed by atoms with Crippen LogP contribution in [-0.4, -0.2) is 64.4 Å². The summed E-state index contributed by atoms with van der Waals surface area (Å²) in [6.45, 7) is -1.22. The number of nitriles is 1. The molecule has 1 aromatic carbocycles. The summed E-state index contributed by atoms with van der Waals surface area (Å²) in [5.74, 6) is -5.04. The number of aromatic nitrogens is 1. The van der Waals surface area contributed by atoms with E-state index in [1.54, 1.807) is 24.3 Å². The minimum Gasteiger partial charge on any atom is -0.494 e. The van der Waals surface area contributed by atoms with Gasteiger partial charge in [-0.25, -0.2) is 8.78 Å². The molecule has 0 bridgehead atoms. The second-order valence-corrected chi connectivity index (χ2v) is 7.29. The van der Waals surface area contributed by atoms with Crippen LogP contribution in [0.4, 0.5) is 8.78 Å². The van der Waals surface area contributed by atoms with Gasteiger partial charge in [0.05, 0.1) is 36.8 Å². The monoisotopic (exact) mass is 446 g/mol. The molecule has 9 nitrogen and oxygen atoms in total. The number of benzene rings is 1. The predicted molar refractivity (Wildman–Crippen MR) is 107 cm³/mol. The third-order valence-corrected chi connectivity index (χ3v) is 4.90. The summed E-state index contributed by atoms with van der Waals surface area (Å²) in [7, 11) is 0. The Kier molecular flexibility index (Phi) is 6.82. The molecule has 2 heterocycles. The standard InChI is InChI=1S/C21H20F2N4O5/c22-21(23)9-13(10-24)27(12-21)18(28)11-26-20(31)15-5-6-25-17-4-3-14(8-16(15)17)32-7-1-2-19(29)30/h3-6,8,13H,1-2,7,9,11-12H2,(H,26,31)(H,29,30)/t13-/m0/s1. The molecular weight excluding hydrogens is 426 g/mol. The van der Waals surface area contributed by atoms with E-state index in [4.69, 9.17) is 15.1 Å². The van der Waals surface area contributed by atoms with Crippen LogP contribution in [0.3, 0.4) is 0 Å². The molecule has 0 saturated carbocycles. The molecule has 0 aliphatic carbocycles. The Balaban J connectivity index is 1.68. The van der Waals surface area contributed by atoms with E-state index in [9.17, 15) is 23.2 Å². The summed E-state index contributed by atoms with van der Waals surface area (Å²) in [4.78, 5) is 40.5. The van der Waals surface area contributed by atoms with Gasteiger partial charge in [0.2, 0.25) is 5.91 Å². The highest BCUT2D eigenvalue weighted by Crippen LogP contribution is 2.31. The molecule has 2 amide bonds. The van der Waals surface area contributed by atoms with Gasteiger partial charge in [-0.1, -0.05) is 0 Å². The van der Waals surface area contributed by atoms with Gasteiger partial charge >= 0.3 is 5.97 Å². The number of hydrogen-bond donors (Lipinski definition) is 2. The number of carboxylic acids is 1. The number of rotatable bonds is 8. The lowest BCUT2D eigenvalue weighted by molar-refractivity contribution is -0.137.